The lowest BCUT2D eigenvalue weighted by Crippen LogP contribution is -2.53. The van der Waals surface area contributed by atoms with Crippen molar-refractivity contribution in [3.8, 4) is 0 Å². The molecule has 0 aliphatic carbocycles. The maximum absolute atomic E-state index is 5.68. The van der Waals surface area contributed by atoms with E-state index in [1.165, 1.54) is 0 Å². The maximum Gasteiger partial charge on any atom is 0.0867 e. The summed E-state index contributed by atoms with van der Waals surface area (Å²) in [6.07, 6.45) is 0.446. The van der Waals surface area contributed by atoms with E-state index in [-0.39, 0.29) is 0 Å². The van der Waals surface area contributed by atoms with E-state index in [1.54, 1.807) is 0 Å². The number of hydrogen-bond acceptors (Lipinski definition) is 3. The van der Waals surface area contributed by atoms with Crippen LogP contribution in [0, 0.1) is 0 Å². The van der Waals surface area contributed by atoms with E-state index >= 15 is 0 Å². The molecule has 2 atom stereocenters. The summed E-state index contributed by atoms with van der Waals surface area (Å²) in [7, 11) is 0. The first-order chi connectivity index (χ1) is 5.79. The second-order valence-electron chi connectivity index (χ2n) is 3.97. The topological polar surface area (TPSA) is 24.5 Å². The highest BCUT2D eigenvalue weighted by molar-refractivity contribution is 4.93. The highest BCUT2D eigenvalue weighted by atomic mass is 16.5. The average Bonchev–Trinajstić information content (AvgIpc) is 2.49. The van der Waals surface area contributed by atoms with Crippen LogP contribution in [-0.2, 0) is 4.74 Å². The Bertz CT molecular complexity index is 161. The third-order valence-electron chi connectivity index (χ3n) is 2.90. The second kappa shape index (κ2) is 3.32. The molecule has 0 saturated carbocycles. The molecular formula is C9H18N2O. The summed E-state index contributed by atoms with van der Waals surface area (Å²) in [5, 5.41) is 3.38. The highest BCUT2D eigenvalue weighted by Gasteiger charge is 2.36. The molecule has 2 fully saturated rings. The summed E-state index contributed by atoms with van der Waals surface area (Å²) in [4.78, 5) is 2.55. The second-order valence-corrected chi connectivity index (χ2v) is 3.97. The third-order valence-corrected chi connectivity index (χ3v) is 2.90. The van der Waals surface area contributed by atoms with Gasteiger partial charge in [0.05, 0.1) is 12.7 Å². The molecule has 2 aliphatic heterocycles. The minimum atomic E-state index is 0.446. The first kappa shape index (κ1) is 8.48. The molecule has 0 bridgehead atoms. The standard InChI is InChI=1S/C9H18N2O/c1-7(2)11-3-4-12-9-6-10-5-8(9)11/h7-10H,3-6H2,1-2H3/t8-,9-/m0/s1. The summed E-state index contributed by atoms with van der Waals surface area (Å²) < 4.78 is 5.68. The Morgan fingerprint density at radius 1 is 1.42 bits per heavy atom. The number of morpholine rings is 1. The van der Waals surface area contributed by atoms with Gasteiger partial charge < -0.3 is 10.1 Å². The van der Waals surface area contributed by atoms with Gasteiger partial charge in [0, 0.05) is 31.7 Å². The van der Waals surface area contributed by atoms with E-state index in [9.17, 15) is 0 Å². The molecule has 2 rings (SSSR count). The Balaban J connectivity index is 2.03. The van der Waals surface area contributed by atoms with Crippen LogP contribution >= 0.6 is 0 Å². The van der Waals surface area contributed by atoms with Gasteiger partial charge in [0.2, 0.25) is 0 Å². The average molecular weight is 170 g/mol. The van der Waals surface area contributed by atoms with E-state index in [2.05, 4.69) is 24.1 Å². The number of nitrogens with one attached hydrogen (secondary N) is 1. The molecule has 0 aromatic rings. The van der Waals surface area contributed by atoms with Gasteiger partial charge in [-0.3, -0.25) is 4.90 Å². The van der Waals surface area contributed by atoms with Gasteiger partial charge in [0.25, 0.3) is 0 Å². The van der Waals surface area contributed by atoms with Crippen LogP contribution in [0.2, 0.25) is 0 Å². The van der Waals surface area contributed by atoms with Crippen molar-refractivity contribution in [3.05, 3.63) is 0 Å². The van der Waals surface area contributed by atoms with Gasteiger partial charge in [-0.2, -0.15) is 0 Å². The molecule has 0 aromatic carbocycles. The van der Waals surface area contributed by atoms with E-state index in [4.69, 9.17) is 4.74 Å². The number of nitrogens with zero attached hydrogens (tertiary/aromatic N) is 1. The van der Waals surface area contributed by atoms with E-state index in [1.807, 2.05) is 0 Å². The fourth-order valence-corrected chi connectivity index (χ4v) is 2.26. The predicted octanol–water partition coefficient (Wildman–Crippen LogP) is 0.0674. The van der Waals surface area contributed by atoms with E-state index < -0.39 is 0 Å². The van der Waals surface area contributed by atoms with Crippen LogP contribution in [0.25, 0.3) is 0 Å². The fourth-order valence-electron chi connectivity index (χ4n) is 2.26. The van der Waals surface area contributed by atoms with Gasteiger partial charge in [-0.1, -0.05) is 0 Å². The molecule has 0 spiro atoms. The van der Waals surface area contributed by atoms with E-state index in [0.717, 1.165) is 26.2 Å². The summed E-state index contributed by atoms with van der Waals surface area (Å²) in [5.41, 5.74) is 0. The molecule has 0 unspecified atom stereocenters. The smallest absolute Gasteiger partial charge is 0.0867 e. The van der Waals surface area contributed by atoms with Crippen molar-refractivity contribution in [1.29, 1.82) is 0 Å². The number of ether oxygens (including phenoxy) is 1. The van der Waals surface area contributed by atoms with E-state index in [0.29, 0.717) is 18.2 Å². The third kappa shape index (κ3) is 1.37. The lowest BCUT2D eigenvalue weighted by molar-refractivity contribution is -0.0580. The van der Waals surface area contributed by atoms with Crippen molar-refractivity contribution >= 4 is 0 Å². The van der Waals surface area contributed by atoms with Crippen molar-refractivity contribution in [2.75, 3.05) is 26.2 Å². The van der Waals surface area contributed by atoms with Gasteiger partial charge in [0.15, 0.2) is 0 Å². The van der Waals surface area contributed by atoms with Gasteiger partial charge in [-0.05, 0) is 13.8 Å². The van der Waals surface area contributed by atoms with Gasteiger partial charge in [0.1, 0.15) is 0 Å². The Kier molecular flexibility index (Phi) is 2.35. The normalized spacial score (nSPS) is 37.2. The zero-order valence-electron chi connectivity index (χ0n) is 7.92. The summed E-state index contributed by atoms with van der Waals surface area (Å²) in [5.74, 6) is 0. The SMILES string of the molecule is CC(C)N1CCO[C@H]2CNC[C@@H]21. The van der Waals surface area contributed by atoms with Gasteiger partial charge in [-0.25, -0.2) is 0 Å². The number of fused-ring (bicyclic) bond motifs is 1. The van der Waals surface area contributed by atoms with Crippen LogP contribution in [0.15, 0.2) is 0 Å². The Labute approximate surface area is 74.1 Å². The van der Waals surface area contributed by atoms with Gasteiger partial charge in [-0.15, -0.1) is 0 Å². The van der Waals surface area contributed by atoms with Crippen LogP contribution in [0.3, 0.4) is 0 Å². The zero-order chi connectivity index (χ0) is 8.55. The molecule has 0 aromatic heterocycles. The van der Waals surface area contributed by atoms with Crippen LogP contribution in [0.1, 0.15) is 13.8 Å². The predicted molar refractivity (Wildman–Crippen MR) is 48.2 cm³/mol. The molecule has 1 N–H and O–H groups in total. The summed E-state index contributed by atoms with van der Waals surface area (Å²) >= 11 is 0. The molecule has 2 heterocycles. The quantitative estimate of drug-likeness (QED) is 0.602. The number of hydrogen-bond donors (Lipinski definition) is 1. The van der Waals surface area contributed by atoms with Crippen molar-refractivity contribution < 1.29 is 4.74 Å². The minimum absolute atomic E-state index is 0.446. The van der Waals surface area contributed by atoms with Crippen LogP contribution in [0.5, 0.6) is 0 Å². The molecule has 3 nitrogen and oxygen atoms in total. The minimum Gasteiger partial charge on any atom is -0.374 e. The number of rotatable bonds is 1. The zero-order valence-corrected chi connectivity index (χ0v) is 7.92. The van der Waals surface area contributed by atoms with Crippen molar-refractivity contribution in [3.63, 3.8) is 0 Å². The van der Waals surface area contributed by atoms with Crippen molar-refractivity contribution in [1.82, 2.24) is 10.2 Å². The van der Waals surface area contributed by atoms with Gasteiger partial charge >= 0.3 is 0 Å². The monoisotopic (exact) mass is 170 g/mol. The maximum atomic E-state index is 5.68. The highest BCUT2D eigenvalue weighted by Crippen LogP contribution is 2.19. The van der Waals surface area contributed by atoms with Crippen LogP contribution in [-0.4, -0.2) is 49.3 Å². The summed E-state index contributed by atoms with van der Waals surface area (Å²) in [6.45, 7) is 8.67. The Hall–Kier alpha value is -0.120. The van der Waals surface area contributed by atoms with Crippen LogP contribution in [0.4, 0.5) is 0 Å². The largest absolute Gasteiger partial charge is 0.374 e. The fraction of sp³-hybridized carbons (Fsp3) is 1.00. The van der Waals surface area contributed by atoms with Crippen molar-refractivity contribution in [2.24, 2.45) is 0 Å². The molecule has 0 radical (unpaired) electrons. The lowest BCUT2D eigenvalue weighted by Gasteiger charge is -2.39. The summed E-state index contributed by atoms with van der Waals surface area (Å²) in [6, 6.07) is 1.28. The molecule has 2 aliphatic rings. The molecule has 12 heavy (non-hydrogen) atoms. The first-order valence-corrected chi connectivity index (χ1v) is 4.87. The Morgan fingerprint density at radius 3 is 3.00 bits per heavy atom. The molecule has 0 amide bonds. The Morgan fingerprint density at radius 2 is 2.25 bits per heavy atom. The molecule has 3 heteroatoms. The van der Waals surface area contributed by atoms with Crippen LogP contribution < -0.4 is 5.32 Å². The molecular weight excluding hydrogens is 152 g/mol. The first-order valence-electron chi connectivity index (χ1n) is 4.87. The van der Waals surface area contributed by atoms with Crippen molar-refractivity contribution in [2.45, 2.75) is 32.0 Å². The molecule has 70 valence electrons. The molecule has 2 saturated heterocycles. The lowest BCUT2D eigenvalue weighted by atomic mass is 10.1.